The first kappa shape index (κ1) is 20.9. The third kappa shape index (κ3) is 5.29. The number of aliphatic hydroxyl groups is 1. The number of nitrogen functional groups attached to an aromatic ring is 1. The molecule has 26 heavy (non-hydrogen) atoms. The summed E-state index contributed by atoms with van der Waals surface area (Å²) in [5.74, 6) is 0.0613. The van der Waals surface area contributed by atoms with Crippen LogP contribution in [-0.2, 0) is 18.6 Å². The number of unbranched alkanes of at least 4 members (excludes halogenated alkanes) is 3. The molecule has 1 aromatic rings. The zero-order valence-corrected chi connectivity index (χ0v) is 15.5. The van der Waals surface area contributed by atoms with E-state index in [0.29, 0.717) is 6.61 Å². The molecule has 0 bridgehead atoms. The van der Waals surface area contributed by atoms with E-state index in [1.165, 1.54) is 16.8 Å². The van der Waals surface area contributed by atoms with Crippen molar-refractivity contribution in [2.45, 2.75) is 57.1 Å². The number of ether oxygens (including phenoxy) is 2. The van der Waals surface area contributed by atoms with Gasteiger partial charge < -0.3 is 20.3 Å². The van der Waals surface area contributed by atoms with E-state index < -0.39 is 45.1 Å². The highest BCUT2D eigenvalue weighted by atomic mass is 31.1. The fourth-order valence-corrected chi connectivity index (χ4v) is 3.32. The van der Waals surface area contributed by atoms with Crippen molar-refractivity contribution in [3.63, 3.8) is 0 Å². The first-order valence-electron chi connectivity index (χ1n) is 8.53. The quantitative estimate of drug-likeness (QED) is 0.388. The Labute approximate surface area is 151 Å². The smallest absolute Gasteiger partial charge is 0.394 e. The minimum absolute atomic E-state index is 0.0613. The molecule has 5 atom stereocenters. The second-order valence-corrected chi connectivity index (χ2v) is 6.68. The first-order chi connectivity index (χ1) is 12.5. The second kappa shape index (κ2) is 10.1. The molecule has 146 valence electrons. The fraction of sp³-hybridized carbons (Fsp3) is 0.733. The lowest BCUT2D eigenvalue weighted by Crippen LogP contribution is -2.39. The van der Waals surface area contributed by atoms with Gasteiger partial charge in [-0.15, -0.1) is 9.42 Å². The normalized spacial score (nSPS) is 26.2. The number of nitrogens with two attached hydrogens (primary N) is 1. The van der Waals surface area contributed by atoms with Crippen LogP contribution < -0.4 is 11.4 Å². The van der Waals surface area contributed by atoms with Gasteiger partial charge in [0.1, 0.15) is 18.0 Å². The summed E-state index contributed by atoms with van der Waals surface area (Å²) in [6, 6.07) is 1.43. The lowest BCUT2D eigenvalue weighted by atomic mass is 10.1. The number of hydrogen-bond acceptors (Lipinski definition) is 8. The molecule has 0 aromatic carbocycles. The van der Waals surface area contributed by atoms with Crippen molar-refractivity contribution in [2.24, 2.45) is 0 Å². The Morgan fingerprint density at radius 1 is 1.38 bits per heavy atom. The molecule has 2 rings (SSSR count). The summed E-state index contributed by atoms with van der Waals surface area (Å²) in [5, 5.41) is 9.53. The van der Waals surface area contributed by atoms with Crippen LogP contribution in [0.2, 0.25) is 0 Å². The molecule has 1 fully saturated rings. The van der Waals surface area contributed by atoms with Gasteiger partial charge in [-0.2, -0.15) is 4.98 Å². The summed E-state index contributed by atoms with van der Waals surface area (Å²) >= 11 is 0. The van der Waals surface area contributed by atoms with E-state index in [4.69, 9.17) is 24.6 Å². The predicted octanol–water partition coefficient (Wildman–Crippen LogP) is 0.716. The molecule has 2 heterocycles. The van der Waals surface area contributed by atoms with Gasteiger partial charge in [0.25, 0.3) is 0 Å². The monoisotopic (exact) mass is 390 g/mol. The highest BCUT2D eigenvalue weighted by Crippen LogP contribution is 2.37. The van der Waals surface area contributed by atoms with Crippen molar-refractivity contribution in [3.8, 4) is 0 Å². The summed E-state index contributed by atoms with van der Waals surface area (Å²) in [4.78, 5) is 24.9. The van der Waals surface area contributed by atoms with E-state index >= 15 is 0 Å². The molecule has 0 spiro atoms. The third-order valence-electron chi connectivity index (χ3n) is 4.11. The second-order valence-electron chi connectivity index (χ2n) is 5.99. The van der Waals surface area contributed by atoms with Crippen LogP contribution in [0.25, 0.3) is 0 Å². The summed E-state index contributed by atoms with van der Waals surface area (Å²) < 4.78 is 28.8. The fourth-order valence-electron chi connectivity index (χ4n) is 2.86. The van der Waals surface area contributed by atoms with Crippen LogP contribution in [-0.4, -0.2) is 51.1 Å². The Morgan fingerprint density at radius 3 is 2.77 bits per heavy atom. The number of rotatable bonds is 10. The van der Waals surface area contributed by atoms with Crippen LogP contribution in [0.3, 0.4) is 0 Å². The van der Waals surface area contributed by atoms with Gasteiger partial charge in [0.15, 0.2) is 12.3 Å². The van der Waals surface area contributed by atoms with Gasteiger partial charge in [-0.05, 0) is 12.5 Å². The average molecular weight is 390 g/mol. The maximum atomic E-state index is 12.1. The van der Waals surface area contributed by atoms with Crippen molar-refractivity contribution < 1.29 is 28.6 Å². The Kier molecular flexibility index (Phi) is 8.08. The largest absolute Gasteiger partial charge is 0.695 e. The Bertz CT molecular complexity index is 656. The van der Waals surface area contributed by atoms with E-state index in [1.807, 2.05) is 0 Å². The predicted molar refractivity (Wildman–Crippen MR) is 92.5 cm³/mol. The number of hydrogen-bond donors (Lipinski definition) is 3. The average Bonchev–Trinajstić information content (AvgIpc) is 2.91. The van der Waals surface area contributed by atoms with Gasteiger partial charge in [-0.25, -0.2) is 4.79 Å². The summed E-state index contributed by atoms with van der Waals surface area (Å²) in [6.45, 7) is 1.99. The van der Waals surface area contributed by atoms with E-state index in [0.717, 1.165) is 25.7 Å². The molecule has 10 nitrogen and oxygen atoms in total. The Hall–Kier alpha value is -1.42. The van der Waals surface area contributed by atoms with Crippen LogP contribution in [0, 0.1) is 0 Å². The lowest BCUT2D eigenvalue weighted by Gasteiger charge is -2.22. The first-order valence-corrected chi connectivity index (χ1v) is 9.66. The van der Waals surface area contributed by atoms with Gasteiger partial charge in [-0.3, -0.25) is 4.57 Å². The molecule has 1 aliphatic heterocycles. The van der Waals surface area contributed by atoms with Gasteiger partial charge in [-0.1, -0.05) is 26.2 Å². The van der Waals surface area contributed by atoms with E-state index in [9.17, 15) is 14.5 Å². The highest BCUT2D eigenvalue weighted by Gasteiger charge is 2.51. The van der Waals surface area contributed by atoms with Gasteiger partial charge in [0.2, 0.25) is 0 Å². The topological polar surface area (TPSA) is 146 Å². The minimum atomic E-state index is -2.94. The molecule has 0 radical (unpaired) electrons. The van der Waals surface area contributed by atoms with E-state index in [-0.39, 0.29) is 5.82 Å². The number of nitrogens with zero attached hydrogens (tertiary/aromatic N) is 2. The molecule has 1 saturated heterocycles. The minimum Gasteiger partial charge on any atom is -0.394 e. The van der Waals surface area contributed by atoms with Gasteiger partial charge in [0.05, 0.1) is 6.61 Å². The van der Waals surface area contributed by atoms with E-state index in [2.05, 4.69) is 11.9 Å². The molecule has 0 amide bonds. The summed E-state index contributed by atoms with van der Waals surface area (Å²) in [7, 11) is -2.94. The molecular formula is C15H25N3O7P+. The van der Waals surface area contributed by atoms with Gasteiger partial charge in [0, 0.05) is 17.4 Å². The van der Waals surface area contributed by atoms with Crippen LogP contribution >= 0.6 is 8.25 Å². The molecular weight excluding hydrogens is 365 g/mol. The van der Waals surface area contributed by atoms with Crippen molar-refractivity contribution in [3.05, 3.63) is 22.7 Å². The van der Waals surface area contributed by atoms with Crippen molar-refractivity contribution in [1.29, 1.82) is 0 Å². The lowest BCUT2D eigenvalue weighted by molar-refractivity contribution is -0.0743. The van der Waals surface area contributed by atoms with E-state index in [1.54, 1.807) is 0 Å². The Morgan fingerprint density at radius 2 is 2.15 bits per heavy atom. The molecule has 0 saturated carbocycles. The van der Waals surface area contributed by atoms with Gasteiger partial charge >= 0.3 is 13.9 Å². The molecule has 0 aliphatic carbocycles. The highest BCUT2D eigenvalue weighted by molar-refractivity contribution is 7.32. The van der Waals surface area contributed by atoms with Crippen molar-refractivity contribution >= 4 is 14.1 Å². The Balaban J connectivity index is 2.21. The van der Waals surface area contributed by atoms with Crippen LogP contribution in [0.4, 0.5) is 5.82 Å². The molecule has 1 aromatic heterocycles. The summed E-state index contributed by atoms with van der Waals surface area (Å²) in [6.07, 6.45) is 1.56. The van der Waals surface area contributed by atoms with Crippen LogP contribution in [0.5, 0.6) is 0 Å². The molecule has 5 unspecified atom stereocenters. The molecule has 4 N–H and O–H groups in total. The number of aliphatic hydroxyl groups excluding tert-OH is 1. The number of anilines is 1. The zero-order valence-electron chi connectivity index (χ0n) is 14.6. The summed E-state index contributed by atoms with van der Waals surface area (Å²) in [5.41, 5.74) is 4.85. The van der Waals surface area contributed by atoms with Crippen LogP contribution in [0.1, 0.15) is 38.8 Å². The third-order valence-corrected chi connectivity index (χ3v) is 4.53. The standard InChI is InChI=1S/C15H24N3O7P/c1-2-3-4-5-8-23-13-12(25-26(21)22)10(9-19)24-14(13)18-7-6-11(16)17-15(18)20/h6-7,10,12-14,19H,2-5,8-9H2,1H3,(H2-,16,17,20,21,22)/p+1. The maximum Gasteiger partial charge on any atom is 0.695 e. The SMILES string of the molecule is CCCCCCOC1C(O[P+](=O)O)C(CO)OC1n1ccc(N)nc1=O. The zero-order chi connectivity index (χ0) is 19.1. The number of aromatic nitrogens is 2. The van der Waals surface area contributed by atoms with Crippen molar-refractivity contribution in [1.82, 2.24) is 9.55 Å². The molecule has 1 aliphatic rings. The molecule has 11 heteroatoms. The van der Waals surface area contributed by atoms with Crippen LogP contribution in [0.15, 0.2) is 17.1 Å². The maximum absolute atomic E-state index is 12.1. The van der Waals surface area contributed by atoms with Crippen molar-refractivity contribution in [2.75, 3.05) is 18.9 Å².